The zero-order chi connectivity index (χ0) is 21.8. The van der Waals surface area contributed by atoms with Gasteiger partial charge in [0.15, 0.2) is 0 Å². The first kappa shape index (κ1) is 23.6. The standard InChI is InChI=1S/C24H36N4O2/c1-4-16-28(17-5-2)24(30)15-9-14-23(29)27(3)18-10-13-21-19-22(26-25-21)20-11-7-6-8-12-20/h6-8,11-12,19H,4-5,9-10,13-18H2,1-3H3,(H,25,26). The lowest BCUT2D eigenvalue weighted by Crippen LogP contribution is -2.33. The molecule has 164 valence electrons. The molecule has 1 N–H and O–H groups in total. The van der Waals surface area contributed by atoms with E-state index in [9.17, 15) is 9.59 Å². The molecule has 2 amide bonds. The van der Waals surface area contributed by atoms with Gasteiger partial charge in [0.1, 0.15) is 0 Å². The topological polar surface area (TPSA) is 69.3 Å². The molecule has 1 aromatic heterocycles. The van der Waals surface area contributed by atoms with Crippen LogP contribution in [0.1, 0.15) is 58.1 Å². The van der Waals surface area contributed by atoms with Gasteiger partial charge in [0.05, 0.1) is 5.69 Å². The minimum absolute atomic E-state index is 0.106. The highest BCUT2D eigenvalue weighted by Gasteiger charge is 2.14. The summed E-state index contributed by atoms with van der Waals surface area (Å²) < 4.78 is 0. The Morgan fingerprint density at radius 3 is 2.27 bits per heavy atom. The van der Waals surface area contributed by atoms with Gasteiger partial charge in [-0.3, -0.25) is 14.7 Å². The smallest absolute Gasteiger partial charge is 0.222 e. The van der Waals surface area contributed by atoms with E-state index in [-0.39, 0.29) is 11.8 Å². The summed E-state index contributed by atoms with van der Waals surface area (Å²) >= 11 is 0. The molecule has 1 aromatic carbocycles. The van der Waals surface area contributed by atoms with Crippen LogP contribution in [0, 0.1) is 0 Å². The summed E-state index contributed by atoms with van der Waals surface area (Å²) in [4.78, 5) is 28.3. The molecule has 0 aliphatic heterocycles. The van der Waals surface area contributed by atoms with Crippen LogP contribution in [0.2, 0.25) is 0 Å². The number of hydrogen-bond acceptors (Lipinski definition) is 3. The summed E-state index contributed by atoms with van der Waals surface area (Å²) in [5, 5.41) is 7.46. The second-order valence-corrected chi connectivity index (χ2v) is 7.80. The molecular weight excluding hydrogens is 376 g/mol. The number of benzene rings is 1. The van der Waals surface area contributed by atoms with Crippen molar-refractivity contribution in [2.24, 2.45) is 0 Å². The molecule has 0 aliphatic carbocycles. The van der Waals surface area contributed by atoms with Gasteiger partial charge in [0.2, 0.25) is 11.8 Å². The number of amides is 2. The highest BCUT2D eigenvalue weighted by Crippen LogP contribution is 2.17. The number of nitrogens with zero attached hydrogens (tertiary/aromatic N) is 3. The Hall–Kier alpha value is -2.63. The van der Waals surface area contributed by atoms with Crippen LogP contribution >= 0.6 is 0 Å². The molecule has 1 heterocycles. The summed E-state index contributed by atoms with van der Waals surface area (Å²) in [6.07, 6.45) is 5.16. The maximum Gasteiger partial charge on any atom is 0.222 e. The Morgan fingerprint density at radius 1 is 0.933 bits per heavy atom. The van der Waals surface area contributed by atoms with Gasteiger partial charge in [0.25, 0.3) is 0 Å². The van der Waals surface area contributed by atoms with E-state index < -0.39 is 0 Å². The minimum atomic E-state index is 0.106. The predicted molar refractivity (Wildman–Crippen MR) is 121 cm³/mol. The number of nitrogens with one attached hydrogen (secondary N) is 1. The molecule has 30 heavy (non-hydrogen) atoms. The average molecular weight is 413 g/mol. The van der Waals surface area contributed by atoms with Crippen molar-refractivity contribution in [2.75, 3.05) is 26.7 Å². The quantitative estimate of drug-likeness (QED) is 0.534. The van der Waals surface area contributed by atoms with Gasteiger partial charge in [0, 0.05) is 50.8 Å². The van der Waals surface area contributed by atoms with E-state index in [4.69, 9.17) is 0 Å². The van der Waals surface area contributed by atoms with Gasteiger partial charge in [-0.1, -0.05) is 44.2 Å². The van der Waals surface area contributed by atoms with Gasteiger partial charge < -0.3 is 9.80 Å². The van der Waals surface area contributed by atoms with Crippen molar-refractivity contribution in [2.45, 2.75) is 58.8 Å². The molecule has 0 spiro atoms. The first-order valence-electron chi connectivity index (χ1n) is 11.2. The molecule has 0 atom stereocenters. The maximum atomic E-state index is 12.4. The zero-order valence-electron chi connectivity index (χ0n) is 18.7. The lowest BCUT2D eigenvalue weighted by Gasteiger charge is -2.22. The molecule has 0 fully saturated rings. The number of aryl methyl sites for hydroxylation is 1. The normalized spacial score (nSPS) is 10.8. The fourth-order valence-electron chi connectivity index (χ4n) is 3.52. The van der Waals surface area contributed by atoms with Crippen molar-refractivity contribution in [3.8, 4) is 11.3 Å². The monoisotopic (exact) mass is 412 g/mol. The minimum Gasteiger partial charge on any atom is -0.346 e. The molecular formula is C24H36N4O2. The third kappa shape index (κ3) is 7.65. The number of carbonyl (C=O) groups is 2. The lowest BCUT2D eigenvalue weighted by atomic mass is 10.1. The highest BCUT2D eigenvalue weighted by atomic mass is 16.2. The summed E-state index contributed by atoms with van der Waals surface area (Å²) in [5.41, 5.74) is 3.12. The van der Waals surface area contributed by atoms with Crippen LogP contribution in [0.5, 0.6) is 0 Å². The zero-order valence-corrected chi connectivity index (χ0v) is 18.7. The summed E-state index contributed by atoms with van der Waals surface area (Å²) in [5.74, 6) is 0.275. The van der Waals surface area contributed by atoms with E-state index >= 15 is 0 Å². The SMILES string of the molecule is CCCN(CCC)C(=O)CCCC(=O)N(C)CCCc1cc(-c2ccccc2)n[nH]1. The molecule has 0 saturated heterocycles. The molecule has 0 saturated carbocycles. The van der Waals surface area contributed by atoms with Crippen LogP contribution in [-0.2, 0) is 16.0 Å². The van der Waals surface area contributed by atoms with Gasteiger partial charge in [-0.2, -0.15) is 5.10 Å². The number of H-pyrrole nitrogens is 1. The second-order valence-electron chi connectivity index (χ2n) is 7.80. The van der Waals surface area contributed by atoms with Crippen LogP contribution in [-0.4, -0.2) is 58.5 Å². The van der Waals surface area contributed by atoms with Crippen molar-refractivity contribution >= 4 is 11.8 Å². The lowest BCUT2D eigenvalue weighted by molar-refractivity contribution is -0.132. The van der Waals surface area contributed by atoms with Crippen LogP contribution < -0.4 is 0 Å². The van der Waals surface area contributed by atoms with Crippen LogP contribution in [0.15, 0.2) is 36.4 Å². The summed E-state index contributed by atoms with van der Waals surface area (Å²) in [6.45, 7) is 6.48. The Balaban J connectivity index is 1.67. The van der Waals surface area contributed by atoms with Crippen molar-refractivity contribution in [1.29, 1.82) is 0 Å². The van der Waals surface area contributed by atoms with E-state index in [1.165, 1.54) is 0 Å². The van der Waals surface area contributed by atoms with Crippen LogP contribution in [0.25, 0.3) is 11.3 Å². The Labute approximate surface area is 180 Å². The molecule has 2 aromatic rings. The van der Waals surface area contributed by atoms with Gasteiger partial charge in [-0.05, 0) is 38.2 Å². The van der Waals surface area contributed by atoms with Gasteiger partial charge >= 0.3 is 0 Å². The number of hydrogen-bond donors (Lipinski definition) is 1. The number of carbonyl (C=O) groups excluding carboxylic acids is 2. The second kappa shape index (κ2) is 12.8. The fourth-order valence-corrected chi connectivity index (χ4v) is 3.52. The first-order valence-corrected chi connectivity index (χ1v) is 11.2. The average Bonchev–Trinajstić information content (AvgIpc) is 3.23. The molecule has 6 heteroatoms. The molecule has 0 aliphatic rings. The Kier molecular flexibility index (Phi) is 10.1. The Bertz CT molecular complexity index is 767. The van der Waals surface area contributed by atoms with Crippen molar-refractivity contribution in [3.63, 3.8) is 0 Å². The predicted octanol–water partition coefficient (Wildman–Crippen LogP) is 4.29. The van der Waals surface area contributed by atoms with Crippen molar-refractivity contribution < 1.29 is 9.59 Å². The third-order valence-electron chi connectivity index (χ3n) is 5.19. The molecule has 0 unspecified atom stereocenters. The van der Waals surface area contributed by atoms with Crippen molar-refractivity contribution in [3.05, 3.63) is 42.1 Å². The molecule has 0 radical (unpaired) electrons. The first-order chi connectivity index (χ1) is 14.5. The highest BCUT2D eigenvalue weighted by molar-refractivity contribution is 5.79. The molecule has 6 nitrogen and oxygen atoms in total. The molecule has 0 bridgehead atoms. The largest absolute Gasteiger partial charge is 0.346 e. The van der Waals surface area contributed by atoms with Crippen LogP contribution in [0.3, 0.4) is 0 Å². The van der Waals surface area contributed by atoms with Gasteiger partial charge in [-0.25, -0.2) is 0 Å². The summed E-state index contributed by atoms with van der Waals surface area (Å²) in [6, 6.07) is 12.2. The van der Waals surface area contributed by atoms with E-state index in [1.54, 1.807) is 4.90 Å². The number of aromatic nitrogens is 2. The Morgan fingerprint density at radius 2 is 1.60 bits per heavy atom. The molecule has 2 rings (SSSR count). The van der Waals surface area contributed by atoms with Crippen LogP contribution in [0.4, 0.5) is 0 Å². The summed E-state index contributed by atoms with van der Waals surface area (Å²) in [7, 11) is 1.84. The van der Waals surface area contributed by atoms with Crippen molar-refractivity contribution in [1.82, 2.24) is 20.0 Å². The van der Waals surface area contributed by atoms with Gasteiger partial charge in [-0.15, -0.1) is 0 Å². The third-order valence-corrected chi connectivity index (χ3v) is 5.19. The van der Waals surface area contributed by atoms with E-state index in [0.717, 1.165) is 55.7 Å². The van der Waals surface area contributed by atoms with E-state index in [0.29, 0.717) is 25.8 Å². The fraction of sp³-hybridized carbons (Fsp3) is 0.542. The van der Waals surface area contributed by atoms with E-state index in [2.05, 4.69) is 30.1 Å². The number of aromatic amines is 1. The van der Waals surface area contributed by atoms with E-state index in [1.807, 2.05) is 42.3 Å². The number of rotatable bonds is 13. The maximum absolute atomic E-state index is 12.4.